The summed E-state index contributed by atoms with van der Waals surface area (Å²) in [6.07, 6.45) is 3.57. The number of ether oxygens (including phenoxy) is 1. The molecule has 0 aromatic carbocycles. The highest BCUT2D eigenvalue weighted by Crippen LogP contribution is 2.11. The van der Waals surface area contributed by atoms with Crippen LogP contribution in [0.1, 0.15) is 38.4 Å². The van der Waals surface area contributed by atoms with Crippen molar-refractivity contribution in [3.05, 3.63) is 11.9 Å². The van der Waals surface area contributed by atoms with Gasteiger partial charge in [0.1, 0.15) is 6.54 Å². The number of nitrogens with zero attached hydrogens (tertiary/aromatic N) is 3. The third-order valence-corrected chi connectivity index (χ3v) is 2.67. The predicted octanol–water partition coefficient (Wildman–Crippen LogP) is 0.229. The summed E-state index contributed by atoms with van der Waals surface area (Å²) in [5, 5.41) is 10.7. The highest BCUT2D eigenvalue weighted by molar-refractivity contribution is 5.75. The molecule has 0 bridgehead atoms. The van der Waals surface area contributed by atoms with Gasteiger partial charge in [0.2, 0.25) is 5.91 Å². The molecule has 0 fully saturated rings. The summed E-state index contributed by atoms with van der Waals surface area (Å²) in [5.41, 5.74) is 6.66. The van der Waals surface area contributed by atoms with Crippen LogP contribution in [-0.2, 0) is 16.1 Å². The van der Waals surface area contributed by atoms with Gasteiger partial charge in [-0.15, -0.1) is 5.10 Å². The number of rotatable bonds is 8. The van der Waals surface area contributed by atoms with Crippen LogP contribution in [0.3, 0.4) is 0 Å². The van der Waals surface area contributed by atoms with Crippen molar-refractivity contribution in [2.24, 2.45) is 5.73 Å². The number of methoxy groups -OCH3 is 1. The zero-order valence-corrected chi connectivity index (χ0v) is 11.8. The average Bonchev–Trinajstić information content (AvgIpc) is 2.77. The van der Waals surface area contributed by atoms with Gasteiger partial charge in [0.25, 0.3) is 0 Å². The first kappa shape index (κ1) is 15.6. The monoisotopic (exact) mass is 269 g/mol. The van der Waals surface area contributed by atoms with Gasteiger partial charge in [-0.3, -0.25) is 4.79 Å². The van der Waals surface area contributed by atoms with E-state index in [0.717, 1.165) is 18.5 Å². The number of nitrogens with one attached hydrogen (secondary N) is 1. The van der Waals surface area contributed by atoms with Crippen LogP contribution in [0.15, 0.2) is 6.20 Å². The first-order valence-corrected chi connectivity index (χ1v) is 6.50. The molecular weight excluding hydrogens is 246 g/mol. The Balaban J connectivity index is 2.47. The number of nitrogens with two attached hydrogens (primary N) is 1. The van der Waals surface area contributed by atoms with E-state index in [-0.39, 0.29) is 24.5 Å². The fourth-order valence-electron chi connectivity index (χ4n) is 1.78. The molecule has 1 amide bonds. The van der Waals surface area contributed by atoms with Crippen molar-refractivity contribution in [2.75, 3.05) is 13.7 Å². The van der Waals surface area contributed by atoms with E-state index in [1.165, 1.54) is 4.68 Å². The largest absolute Gasteiger partial charge is 0.383 e. The molecule has 0 aliphatic rings. The number of carbonyl (C=O) groups is 1. The summed E-state index contributed by atoms with van der Waals surface area (Å²) in [6.45, 7) is 4.57. The van der Waals surface area contributed by atoms with Crippen molar-refractivity contribution in [3.63, 3.8) is 0 Å². The predicted molar refractivity (Wildman–Crippen MR) is 71.3 cm³/mol. The lowest BCUT2D eigenvalue weighted by atomic mass is 10.1. The van der Waals surface area contributed by atoms with E-state index in [1.54, 1.807) is 13.3 Å². The zero-order chi connectivity index (χ0) is 14.3. The Morgan fingerprint density at radius 1 is 1.63 bits per heavy atom. The van der Waals surface area contributed by atoms with Gasteiger partial charge in [0.05, 0.1) is 24.5 Å². The van der Waals surface area contributed by atoms with Gasteiger partial charge in [0.15, 0.2) is 0 Å². The Hall–Kier alpha value is -1.47. The summed E-state index contributed by atoms with van der Waals surface area (Å²) in [6, 6.07) is -0.142. The van der Waals surface area contributed by atoms with Crippen molar-refractivity contribution < 1.29 is 9.53 Å². The summed E-state index contributed by atoms with van der Waals surface area (Å²) < 4.78 is 6.45. The smallest absolute Gasteiger partial charge is 0.242 e. The minimum Gasteiger partial charge on any atom is -0.383 e. The van der Waals surface area contributed by atoms with Crippen LogP contribution in [0.4, 0.5) is 0 Å². The molecule has 2 unspecified atom stereocenters. The summed E-state index contributed by atoms with van der Waals surface area (Å²) >= 11 is 0. The van der Waals surface area contributed by atoms with Crippen LogP contribution >= 0.6 is 0 Å². The van der Waals surface area contributed by atoms with E-state index in [0.29, 0.717) is 6.61 Å². The lowest BCUT2D eigenvalue weighted by Crippen LogP contribution is -2.37. The van der Waals surface area contributed by atoms with E-state index in [1.807, 2.05) is 6.92 Å². The third-order valence-electron chi connectivity index (χ3n) is 2.67. The Bertz CT molecular complexity index is 393. The standard InChI is InChI=1S/C12H23N5O2/c1-4-5-10(13)11-6-17(16-15-11)7-12(18)14-9(2)8-19-3/h6,9-10H,4-5,7-8,13H2,1-3H3,(H,14,18). The van der Waals surface area contributed by atoms with Crippen LogP contribution in [0.5, 0.6) is 0 Å². The van der Waals surface area contributed by atoms with Crippen molar-refractivity contribution in [1.29, 1.82) is 0 Å². The maximum atomic E-state index is 11.7. The lowest BCUT2D eigenvalue weighted by molar-refractivity contribution is -0.122. The van der Waals surface area contributed by atoms with Crippen LogP contribution in [0, 0.1) is 0 Å². The number of carbonyl (C=O) groups excluding carboxylic acids is 1. The summed E-state index contributed by atoms with van der Waals surface area (Å²) in [4.78, 5) is 11.7. The van der Waals surface area contributed by atoms with Crippen molar-refractivity contribution in [3.8, 4) is 0 Å². The molecule has 7 nitrogen and oxygen atoms in total. The Morgan fingerprint density at radius 2 is 2.37 bits per heavy atom. The topological polar surface area (TPSA) is 95.1 Å². The molecular formula is C12H23N5O2. The second kappa shape index (κ2) is 7.85. The third kappa shape index (κ3) is 5.35. The molecule has 0 aliphatic heterocycles. The minimum absolute atomic E-state index is 0.0251. The van der Waals surface area contributed by atoms with Gasteiger partial charge < -0.3 is 15.8 Å². The molecule has 0 radical (unpaired) electrons. The van der Waals surface area contributed by atoms with E-state index < -0.39 is 0 Å². The second-order valence-corrected chi connectivity index (χ2v) is 4.66. The first-order valence-electron chi connectivity index (χ1n) is 6.50. The van der Waals surface area contributed by atoms with E-state index in [9.17, 15) is 4.79 Å². The molecule has 3 N–H and O–H groups in total. The normalized spacial score (nSPS) is 14.1. The number of hydrogen-bond acceptors (Lipinski definition) is 5. The second-order valence-electron chi connectivity index (χ2n) is 4.66. The Labute approximate surface area is 113 Å². The molecule has 1 aromatic heterocycles. The molecule has 0 aliphatic carbocycles. The van der Waals surface area contributed by atoms with Gasteiger partial charge in [-0.2, -0.15) is 0 Å². The fourth-order valence-corrected chi connectivity index (χ4v) is 1.78. The van der Waals surface area contributed by atoms with Crippen LogP contribution in [-0.4, -0.2) is 40.7 Å². The SMILES string of the molecule is CCCC(N)c1cn(CC(=O)NC(C)COC)nn1. The highest BCUT2D eigenvalue weighted by Gasteiger charge is 2.12. The lowest BCUT2D eigenvalue weighted by Gasteiger charge is -2.12. The first-order chi connectivity index (χ1) is 9.06. The molecule has 19 heavy (non-hydrogen) atoms. The maximum absolute atomic E-state index is 11.7. The number of amides is 1. The van der Waals surface area contributed by atoms with Gasteiger partial charge >= 0.3 is 0 Å². The minimum atomic E-state index is -0.120. The van der Waals surface area contributed by atoms with E-state index in [2.05, 4.69) is 22.6 Å². The van der Waals surface area contributed by atoms with Crippen LogP contribution < -0.4 is 11.1 Å². The molecule has 1 aromatic rings. The maximum Gasteiger partial charge on any atom is 0.242 e. The highest BCUT2D eigenvalue weighted by atomic mass is 16.5. The number of aromatic nitrogens is 3. The van der Waals surface area contributed by atoms with Gasteiger partial charge in [-0.25, -0.2) is 4.68 Å². The molecule has 0 spiro atoms. The van der Waals surface area contributed by atoms with Crippen LogP contribution in [0.25, 0.3) is 0 Å². The van der Waals surface area contributed by atoms with E-state index in [4.69, 9.17) is 10.5 Å². The summed E-state index contributed by atoms with van der Waals surface area (Å²) in [5.74, 6) is -0.120. The quantitative estimate of drug-likeness (QED) is 0.704. The van der Waals surface area contributed by atoms with Crippen molar-refractivity contribution >= 4 is 5.91 Å². The van der Waals surface area contributed by atoms with Gasteiger partial charge in [-0.1, -0.05) is 18.6 Å². The van der Waals surface area contributed by atoms with Crippen LogP contribution in [0.2, 0.25) is 0 Å². The molecule has 108 valence electrons. The van der Waals surface area contributed by atoms with Crippen molar-refractivity contribution in [1.82, 2.24) is 20.3 Å². The zero-order valence-electron chi connectivity index (χ0n) is 11.8. The summed E-state index contributed by atoms with van der Waals surface area (Å²) in [7, 11) is 1.60. The molecule has 0 saturated heterocycles. The number of hydrogen-bond donors (Lipinski definition) is 2. The average molecular weight is 269 g/mol. The fraction of sp³-hybridized carbons (Fsp3) is 0.750. The molecule has 1 heterocycles. The molecule has 2 atom stereocenters. The van der Waals surface area contributed by atoms with Gasteiger partial charge in [0, 0.05) is 13.2 Å². The molecule has 1 rings (SSSR count). The Morgan fingerprint density at radius 3 is 3.00 bits per heavy atom. The van der Waals surface area contributed by atoms with E-state index >= 15 is 0 Å². The molecule has 0 saturated carbocycles. The Kier molecular flexibility index (Phi) is 6.44. The van der Waals surface area contributed by atoms with Gasteiger partial charge in [-0.05, 0) is 13.3 Å². The van der Waals surface area contributed by atoms with Crippen molar-refractivity contribution in [2.45, 2.75) is 45.3 Å². The molecule has 7 heteroatoms.